The van der Waals surface area contributed by atoms with Crippen LogP contribution in [0.15, 0.2) is 24.3 Å². The van der Waals surface area contributed by atoms with Crippen LogP contribution in [0.2, 0.25) is 0 Å². The van der Waals surface area contributed by atoms with Crippen LogP contribution in [0.25, 0.3) is 0 Å². The van der Waals surface area contributed by atoms with Crippen molar-refractivity contribution in [1.29, 1.82) is 0 Å². The van der Waals surface area contributed by atoms with E-state index in [1.165, 1.54) is 5.56 Å². The van der Waals surface area contributed by atoms with E-state index < -0.39 is 0 Å². The van der Waals surface area contributed by atoms with E-state index in [1.54, 1.807) is 4.90 Å². The molecular formula is C15H20N2O3. The highest BCUT2D eigenvalue weighted by atomic mass is 16.5. The molecule has 2 unspecified atom stereocenters. The Labute approximate surface area is 118 Å². The molecule has 1 aromatic rings. The van der Waals surface area contributed by atoms with Crippen molar-refractivity contribution in [3.63, 3.8) is 0 Å². The topological polar surface area (TPSA) is 61.8 Å². The molecule has 1 aromatic carbocycles. The van der Waals surface area contributed by atoms with E-state index >= 15 is 0 Å². The number of benzene rings is 1. The Morgan fingerprint density at radius 3 is 3.15 bits per heavy atom. The van der Waals surface area contributed by atoms with Crippen LogP contribution in [0.4, 0.5) is 5.69 Å². The number of morpholine rings is 1. The van der Waals surface area contributed by atoms with Crippen LogP contribution in [0.3, 0.4) is 0 Å². The molecule has 1 amide bonds. The van der Waals surface area contributed by atoms with Gasteiger partial charge in [-0.25, -0.2) is 0 Å². The summed E-state index contributed by atoms with van der Waals surface area (Å²) in [5.74, 6) is 0.0712. The minimum Gasteiger partial charge on any atom is -0.394 e. The van der Waals surface area contributed by atoms with E-state index in [9.17, 15) is 9.90 Å². The lowest BCUT2D eigenvalue weighted by molar-refractivity contribution is -0.142. The van der Waals surface area contributed by atoms with Gasteiger partial charge < -0.3 is 20.1 Å². The second-order valence-electron chi connectivity index (χ2n) is 5.34. The lowest BCUT2D eigenvalue weighted by atomic mass is 9.97. The maximum absolute atomic E-state index is 12.6. The SMILES string of the molecule is O=C(C1CCc2ccccc2N1)N1CCOCC1CO. The second kappa shape index (κ2) is 5.81. The molecule has 5 heteroatoms. The number of hydrogen-bond donors (Lipinski definition) is 2. The Morgan fingerprint density at radius 1 is 1.45 bits per heavy atom. The average Bonchev–Trinajstić information content (AvgIpc) is 2.53. The number of aryl methyl sites for hydroxylation is 1. The van der Waals surface area contributed by atoms with Gasteiger partial charge in [0.1, 0.15) is 6.04 Å². The van der Waals surface area contributed by atoms with Crippen molar-refractivity contribution < 1.29 is 14.6 Å². The van der Waals surface area contributed by atoms with Gasteiger partial charge in [0, 0.05) is 12.2 Å². The summed E-state index contributed by atoms with van der Waals surface area (Å²) in [5.41, 5.74) is 2.31. The Balaban J connectivity index is 1.72. The van der Waals surface area contributed by atoms with Crippen molar-refractivity contribution in [2.75, 3.05) is 31.7 Å². The highest BCUT2D eigenvalue weighted by molar-refractivity contribution is 5.86. The van der Waals surface area contributed by atoms with Gasteiger partial charge in [0.05, 0.1) is 25.9 Å². The fraction of sp³-hybridized carbons (Fsp3) is 0.533. The molecule has 2 aliphatic heterocycles. The molecule has 5 nitrogen and oxygen atoms in total. The van der Waals surface area contributed by atoms with Gasteiger partial charge in [0.25, 0.3) is 0 Å². The predicted octanol–water partition coefficient (Wildman–Crippen LogP) is 0.633. The van der Waals surface area contributed by atoms with Crippen LogP contribution in [0.1, 0.15) is 12.0 Å². The zero-order valence-electron chi connectivity index (χ0n) is 11.4. The summed E-state index contributed by atoms with van der Waals surface area (Å²) in [7, 11) is 0. The Kier molecular flexibility index (Phi) is 3.89. The summed E-state index contributed by atoms with van der Waals surface area (Å²) in [4.78, 5) is 14.4. The zero-order valence-corrected chi connectivity index (χ0v) is 11.4. The van der Waals surface area contributed by atoms with E-state index in [-0.39, 0.29) is 24.6 Å². The van der Waals surface area contributed by atoms with Crippen LogP contribution in [0, 0.1) is 0 Å². The predicted molar refractivity (Wildman–Crippen MR) is 75.6 cm³/mol. The third kappa shape index (κ3) is 2.51. The molecule has 0 saturated carbocycles. The molecule has 0 aromatic heterocycles. The Morgan fingerprint density at radius 2 is 2.30 bits per heavy atom. The number of aliphatic hydroxyl groups excluding tert-OH is 1. The summed E-state index contributed by atoms with van der Waals surface area (Å²) in [6.45, 7) is 1.48. The van der Waals surface area contributed by atoms with Gasteiger partial charge in [-0.15, -0.1) is 0 Å². The first kappa shape index (κ1) is 13.4. The number of ether oxygens (including phenoxy) is 1. The van der Waals surface area contributed by atoms with E-state index in [4.69, 9.17) is 4.74 Å². The molecule has 0 radical (unpaired) electrons. The molecule has 1 fully saturated rings. The van der Waals surface area contributed by atoms with Crippen LogP contribution in [0.5, 0.6) is 0 Å². The maximum atomic E-state index is 12.6. The van der Waals surface area contributed by atoms with Gasteiger partial charge in [-0.3, -0.25) is 4.79 Å². The summed E-state index contributed by atoms with van der Waals surface area (Å²) in [6, 6.07) is 7.69. The highest BCUT2D eigenvalue weighted by Crippen LogP contribution is 2.25. The van der Waals surface area contributed by atoms with Crippen molar-refractivity contribution in [3.05, 3.63) is 29.8 Å². The molecule has 108 valence electrons. The molecule has 0 bridgehead atoms. The normalized spacial score (nSPS) is 25.8. The van der Waals surface area contributed by atoms with Crippen molar-refractivity contribution in [1.82, 2.24) is 4.90 Å². The summed E-state index contributed by atoms with van der Waals surface area (Å²) >= 11 is 0. The third-order valence-corrected chi connectivity index (χ3v) is 4.07. The van der Waals surface area contributed by atoms with Crippen molar-refractivity contribution >= 4 is 11.6 Å². The maximum Gasteiger partial charge on any atom is 0.245 e. The molecular weight excluding hydrogens is 256 g/mol. The third-order valence-electron chi connectivity index (χ3n) is 4.07. The van der Waals surface area contributed by atoms with Gasteiger partial charge in [-0.2, -0.15) is 0 Å². The number of nitrogens with zero attached hydrogens (tertiary/aromatic N) is 1. The van der Waals surface area contributed by atoms with Crippen molar-refractivity contribution in [3.8, 4) is 0 Å². The number of aliphatic hydroxyl groups is 1. The van der Waals surface area contributed by atoms with Gasteiger partial charge in [-0.1, -0.05) is 18.2 Å². The number of amides is 1. The van der Waals surface area contributed by atoms with Crippen LogP contribution in [-0.4, -0.2) is 54.4 Å². The fourth-order valence-electron chi connectivity index (χ4n) is 2.92. The molecule has 2 aliphatic rings. The highest BCUT2D eigenvalue weighted by Gasteiger charge is 2.33. The number of nitrogens with one attached hydrogen (secondary N) is 1. The number of rotatable bonds is 2. The van der Waals surface area contributed by atoms with Gasteiger partial charge in [-0.05, 0) is 24.5 Å². The monoisotopic (exact) mass is 276 g/mol. The number of fused-ring (bicyclic) bond motifs is 1. The van der Waals surface area contributed by atoms with Crippen molar-refractivity contribution in [2.24, 2.45) is 0 Å². The van der Waals surface area contributed by atoms with Gasteiger partial charge in [0.15, 0.2) is 0 Å². The fourth-order valence-corrected chi connectivity index (χ4v) is 2.92. The first-order chi connectivity index (χ1) is 9.79. The number of hydrogen-bond acceptors (Lipinski definition) is 4. The lowest BCUT2D eigenvalue weighted by Gasteiger charge is -2.38. The van der Waals surface area contributed by atoms with Crippen LogP contribution < -0.4 is 5.32 Å². The summed E-state index contributed by atoms with van der Waals surface area (Å²) < 4.78 is 5.32. The largest absolute Gasteiger partial charge is 0.394 e. The molecule has 0 aliphatic carbocycles. The van der Waals surface area contributed by atoms with Crippen LogP contribution in [-0.2, 0) is 16.0 Å². The van der Waals surface area contributed by atoms with E-state index in [2.05, 4.69) is 11.4 Å². The molecule has 3 rings (SSSR count). The van der Waals surface area contributed by atoms with Crippen LogP contribution >= 0.6 is 0 Å². The molecule has 2 N–H and O–H groups in total. The number of carbonyl (C=O) groups is 1. The minimum absolute atomic E-state index is 0.0466. The molecule has 2 atom stereocenters. The van der Waals surface area contributed by atoms with E-state index in [1.807, 2.05) is 18.2 Å². The number of carbonyl (C=O) groups excluding carboxylic acids is 1. The second-order valence-corrected chi connectivity index (χ2v) is 5.34. The molecule has 0 spiro atoms. The first-order valence-electron chi connectivity index (χ1n) is 7.13. The van der Waals surface area contributed by atoms with E-state index in [0.29, 0.717) is 19.8 Å². The standard InChI is InChI=1S/C15H20N2O3/c18-9-12-10-20-8-7-17(12)15(19)14-6-5-11-3-1-2-4-13(11)16-14/h1-4,12,14,16,18H,5-10H2. The number of para-hydroxylation sites is 1. The smallest absolute Gasteiger partial charge is 0.245 e. The van der Waals surface area contributed by atoms with E-state index in [0.717, 1.165) is 18.5 Å². The average molecular weight is 276 g/mol. The Bertz CT molecular complexity index is 492. The molecule has 1 saturated heterocycles. The van der Waals surface area contributed by atoms with Crippen molar-refractivity contribution in [2.45, 2.75) is 24.9 Å². The Hall–Kier alpha value is -1.59. The summed E-state index contributed by atoms with van der Waals surface area (Å²) in [6.07, 6.45) is 1.71. The summed E-state index contributed by atoms with van der Waals surface area (Å²) in [5, 5.41) is 12.7. The number of anilines is 1. The van der Waals surface area contributed by atoms with Gasteiger partial charge in [0.2, 0.25) is 5.91 Å². The first-order valence-corrected chi connectivity index (χ1v) is 7.13. The quantitative estimate of drug-likeness (QED) is 0.832. The zero-order chi connectivity index (χ0) is 13.9. The minimum atomic E-state index is -0.213. The molecule has 20 heavy (non-hydrogen) atoms. The molecule has 2 heterocycles. The van der Waals surface area contributed by atoms with Gasteiger partial charge >= 0.3 is 0 Å². The lowest BCUT2D eigenvalue weighted by Crippen LogP contribution is -2.55.